The Bertz CT molecular complexity index is 4540. The number of rotatable bonds is 19. The van der Waals surface area contributed by atoms with Gasteiger partial charge in [0.25, 0.3) is 0 Å². The molecule has 0 amide bonds. The van der Waals surface area contributed by atoms with Gasteiger partial charge in [-0.3, -0.25) is 4.79 Å². The van der Waals surface area contributed by atoms with Crippen molar-refractivity contribution < 1.29 is 169 Å². The summed E-state index contributed by atoms with van der Waals surface area (Å²) in [5.74, 6) is -6.67. The Labute approximate surface area is 795 Å². The minimum atomic E-state index is -1.38. The number of carbonyl (C=O) groups is 6. The Morgan fingerprint density at radius 1 is 0.375 bits per heavy atom. The van der Waals surface area contributed by atoms with E-state index in [-0.39, 0.29) is 38.8 Å². The van der Waals surface area contributed by atoms with Crippen molar-refractivity contribution in [2.45, 2.75) is 273 Å². The number of aliphatic hydroxyl groups excluding tert-OH is 7. The van der Waals surface area contributed by atoms with E-state index < -0.39 is 206 Å². The van der Waals surface area contributed by atoms with E-state index in [1.54, 1.807) is 156 Å². The maximum atomic E-state index is 12.8. The summed E-state index contributed by atoms with van der Waals surface area (Å²) in [7, 11) is 0. The number of Topliss-reactive ketones (excluding diaryl/α,β-unsaturated/α-hetero) is 1. The van der Waals surface area contributed by atoms with Gasteiger partial charge in [-0.2, -0.15) is 0 Å². The molecule has 11 fully saturated rings. The van der Waals surface area contributed by atoms with Gasteiger partial charge in [0, 0.05) is 14.3 Å². The first-order valence-electron chi connectivity index (χ1n) is 41.5. The van der Waals surface area contributed by atoms with E-state index in [4.69, 9.17) is 120 Å². The molecule has 11 heterocycles. The minimum absolute atomic E-state index is 0.0505. The van der Waals surface area contributed by atoms with E-state index in [0.717, 1.165) is 14.3 Å². The number of ketones is 1. The van der Waals surface area contributed by atoms with Crippen molar-refractivity contribution in [2.24, 2.45) is 0 Å². The second-order valence-electron chi connectivity index (χ2n) is 33.3. The number of benzene rings is 5. The van der Waals surface area contributed by atoms with E-state index in [9.17, 15) is 44.1 Å². The van der Waals surface area contributed by atoms with Crippen molar-refractivity contribution in [1.82, 2.24) is 4.90 Å². The van der Waals surface area contributed by atoms with Crippen LogP contribution in [0.4, 0.5) is 0 Å². The number of hydrogen-bond acceptors (Lipinski definition) is 36. The van der Waals surface area contributed by atoms with Gasteiger partial charge in [0.2, 0.25) is 0 Å². The van der Waals surface area contributed by atoms with E-state index in [0.29, 0.717) is 27.8 Å². The zero-order valence-corrected chi connectivity index (χ0v) is 81.8. The predicted molar refractivity (Wildman–Crippen MR) is 480 cm³/mol. The third kappa shape index (κ3) is 26.6. The minimum Gasteiger partial charge on any atom is -0.459 e. The molecule has 0 bridgehead atoms. The van der Waals surface area contributed by atoms with Crippen molar-refractivity contribution in [3.8, 4) is 0 Å². The van der Waals surface area contributed by atoms with Crippen LogP contribution in [0.25, 0.3) is 0 Å². The zero-order chi connectivity index (χ0) is 93.9. The van der Waals surface area contributed by atoms with Crippen LogP contribution >= 0.6 is 90.4 Å². The summed E-state index contributed by atoms with van der Waals surface area (Å²) in [4.78, 5) is 76.2. The van der Waals surface area contributed by atoms with Crippen LogP contribution in [0.3, 0.4) is 0 Å². The molecule has 11 aliphatic heterocycles. The maximum absolute atomic E-state index is 12.8. The average Bonchev–Trinajstić information content (AvgIpc) is 1.55. The summed E-state index contributed by atoms with van der Waals surface area (Å²) < 4.78 is 119. The smallest absolute Gasteiger partial charge is 0.339 e. The van der Waals surface area contributed by atoms with E-state index in [1.165, 1.54) is 19.6 Å². The molecular formula is C88H113I4NO35. The monoisotopic (exact) mass is 2250 g/mol. The predicted octanol–water partition coefficient (Wildman–Crippen LogP) is 7.58. The van der Waals surface area contributed by atoms with Crippen LogP contribution in [-0.2, 0) is 104 Å². The molecule has 11 aliphatic rings. The largest absolute Gasteiger partial charge is 0.459 e. The van der Waals surface area contributed by atoms with Crippen LogP contribution in [0.15, 0.2) is 127 Å². The lowest BCUT2D eigenvalue weighted by Crippen LogP contribution is -2.51. The number of aliphatic hydroxyl groups is 8. The van der Waals surface area contributed by atoms with Crippen molar-refractivity contribution in [1.29, 1.82) is 0 Å². The van der Waals surface area contributed by atoms with Crippen LogP contribution in [0.2, 0.25) is 0 Å². The molecule has 5 aromatic rings. The molecule has 40 heteroatoms. The van der Waals surface area contributed by atoms with Crippen molar-refractivity contribution in [3.63, 3.8) is 0 Å². The van der Waals surface area contributed by atoms with Gasteiger partial charge in [-0.15, -0.1) is 0 Å². The van der Waals surface area contributed by atoms with E-state index in [2.05, 4.69) is 121 Å². The molecular weight excluding hydrogens is 2140 g/mol. The van der Waals surface area contributed by atoms with Gasteiger partial charge in [-0.1, -0.05) is 87.5 Å². The van der Waals surface area contributed by atoms with Crippen LogP contribution in [0.1, 0.15) is 156 Å². The average molecular weight is 2250 g/mol. The molecule has 0 saturated carbocycles. The van der Waals surface area contributed by atoms with Gasteiger partial charge in [0.1, 0.15) is 105 Å². The Balaban J connectivity index is 0.000000162. The Kier molecular flexibility index (Phi) is 37.1. The molecule has 0 aromatic heterocycles. The number of nitrogens with zero attached hydrogens (tertiary/aromatic N) is 1. The Hall–Kier alpha value is -4.96. The van der Waals surface area contributed by atoms with Crippen molar-refractivity contribution in [2.75, 3.05) is 59.3 Å². The van der Waals surface area contributed by atoms with Crippen LogP contribution in [-0.4, -0.2) is 310 Å². The van der Waals surface area contributed by atoms with Gasteiger partial charge in [0.05, 0.1) is 41.0 Å². The number of esters is 5. The highest BCUT2D eigenvalue weighted by Gasteiger charge is 2.65. The number of halogens is 4. The summed E-state index contributed by atoms with van der Waals surface area (Å²) in [6, 6.07) is 37.1. The van der Waals surface area contributed by atoms with E-state index in [1.807, 2.05) is 54.6 Å². The first kappa shape index (κ1) is 105. The van der Waals surface area contributed by atoms with E-state index >= 15 is 0 Å². The first-order valence-corrected chi connectivity index (χ1v) is 45.8. The molecule has 0 aliphatic carbocycles. The maximum Gasteiger partial charge on any atom is 0.339 e. The van der Waals surface area contributed by atoms with Crippen LogP contribution < -0.4 is 0 Å². The fraction of sp³-hybridized carbons (Fsp3) is 0.591. The van der Waals surface area contributed by atoms with Crippen molar-refractivity contribution >= 4 is 126 Å². The molecule has 708 valence electrons. The lowest BCUT2D eigenvalue weighted by atomic mass is 9.94. The molecule has 0 radical (unpaired) electrons. The molecule has 0 spiro atoms. The van der Waals surface area contributed by atoms with Gasteiger partial charge >= 0.3 is 29.8 Å². The number of hydrogen-bond donors (Lipinski definition) is 8. The normalized spacial score (nSPS) is 33.1. The number of fused-ring (bicyclic) bond motifs is 5. The lowest BCUT2D eigenvalue weighted by molar-refractivity contribution is -0.231. The standard InChI is InChI=1S/C23H23IO7.C16H19IO6.C15H17IO6.C15H15IO6.C8H14O5.C6H15N.C5H10O5/c1-22(2)29-18-21(31-22)28-17(13-27-20(26)15-11-7-8-12-16(15)24)23(18,3)30-19(25)14-9-5-4-6-10-14;1-15(2)22-12-14(23-15)21-11(16(12,3)19)8-20-13(18)9-6-4-5-7-10(9)17;2*1-15(2)21-12-11(17)10(20-14(12)22-15)7-19-13(18)8-5-3-4-6-9(8)16;1-8(2)12-6-5(10)4(3-9)11-7(6)13-8;1-4-7(5-2)6-3;6-1-2-3(7)4(8)5(9)10-2/h4-12,17-18,21H,13H2,1-3H3;4-7,11-12,14,19H,8H2,1-3H3;3-6,10-12,14,17H,7H2,1-2H3;3-6,10,12,14H,7H2,1-2H3;4-7,9-10H,3H2,1-2H3;4-6H2,1-3H3;2-9H,1H2/t17-,18?,21-,23-;11-,12?,14-,16-;10-,11+,12?,14-;10-,12?,14-;4-,5+,6?,7-;;2-,3+,4?,5?/m00000.0/s1. The fourth-order valence-corrected chi connectivity index (χ4v) is 17.1. The summed E-state index contributed by atoms with van der Waals surface area (Å²) >= 11 is 8.28. The van der Waals surface area contributed by atoms with Crippen molar-refractivity contribution in [3.05, 3.63) is 169 Å². The molecule has 5 aromatic carbocycles. The molecule has 11 saturated heterocycles. The third-order valence-electron chi connectivity index (χ3n) is 21.5. The highest BCUT2D eigenvalue weighted by Crippen LogP contribution is 2.47. The quantitative estimate of drug-likeness (QED) is 0.0224. The number of ether oxygens (including phenoxy) is 21. The summed E-state index contributed by atoms with van der Waals surface area (Å²) in [5, 5.41) is 74.3. The molecule has 36 nitrogen and oxygen atoms in total. The third-order valence-corrected chi connectivity index (χ3v) is 25.3. The summed E-state index contributed by atoms with van der Waals surface area (Å²) in [5.41, 5.74) is -0.234. The second-order valence-corrected chi connectivity index (χ2v) is 38.0. The molecule has 7 unspecified atom stereocenters. The fourth-order valence-electron chi connectivity index (χ4n) is 14.7. The molecule has 128 heavy (non-hydrogen) atoms. The Morgan fingerprint density at radius 2 is 0.734 bits per heavy atom. The second kappa shape index (κ2) is 45.1. The Morgan fingerprint density at radius 3 is 1.13 bits per heavy atom. The van der Waals surface area contributed by atoms with Crippen LogP contribution in [0, 0.1) is 14.3 Å². The zero-order valence-electron chi connectivity index (χ0n) is 73.2. The molecule has 16 rings (SSSR count). The SMILES string of the molecule is CC1(C)OC2C(=O)[C@H](COC(=O)c3ccccc3I)O[C@H]2O1.CC1(C)OC2[C@@H](O[C@@H](CO)[C@H]2O)O1.CC1(C)OC2[C@@H](O[C@@H](COC(=O)c3ccccc3I)[C@H]2O)O1.CC1(C)OC2[C@@H](O[C@@H](COC(=O)c3ccccc3I)[C@]2(C)O)O1.CC1(C)OC2[C@@H](O[C@@H](COC(=O)c3ccccc3I)[C@]2(C)OC(=O)c2ccccc2)O1.CCN(CC)CC.OC[C@@H]1OC(O)C(O)[C@@H]1O. The van der Waals surface area contributed by atoms with Gasteiger partial charge < -0.3 is 145 Å². The first-order chi connectivity index (χ1) is 60.2. The topological polar surface area (TPSA) is 461 Å². The van der Waals surface area contributed by atoms with Crippen LogP contribution in [0.5, 0.6) is 0 Å². The van der Waals surface area contributed by atoms with Gasteiger partial charge in [0.15, 0.2) is 96.4 Å². The highest BCUT2D eigenvalue weighted by atomic mass is 127. The summed E-state index contributed by atoms with van der Waals surface area (Å²) in [6.07, 6.45) is -16.4. The van der Waals surface area contributed by atoms with Gasteiger partial charge in [-0.25, -0.2) is 24.0 Å². The molecule has 23 atom stereocenters. The lowest BCUT2D eigenvalue weighted by Gasteiger charge is -2.34. The summed E-state index contributed by atoms with van der Waals surface area (Å²) in [6.45, 7) is 29.9. The number of carbonyl (C=O) groups excluding carboxylic acids is 6. The highest BCUT2D eigenvalue weighted by molar-refractivity contribution is 14.1. The molecule has 8 N–H and O–H groups in total. The van der Waals surface area contributed by atoms with Gasteiger partial charge in [-0.05, 0) is 254 Å².